The van der Waals surface area contributed by atoms with Crippen LogP contribution in [0.5, 0.6) is 11.5 Å². The molecule has 0 saturated carbocycles. The Bertz CT molecular complexity index is 857. The fourth-order valence-electron chi connectivity index (χ4n) is 3.27. The number of ether oxygens (including phenoxy) is 4. The van der Waals surface area contributed by atoms with Crippen molar-refractivity contribution in [1.82, 2.24) is 9.55 Å². The minimum Gasteiger partial charge on any atom is -0.493 e. The van der Waals surface area contributed by atoms with Gasteiger partial charge in [0.25, 0.3) is 0 Å². The lowest BCUT2D eigenvalue weighted by Gasteiger charge is -2.18. The van der Waals surface area contributed by atoms with E-state index >= 15 is 0 Å². The molecule has 1 aliphatic rings. The normalized spacial score (nSPS) is 16.8. The molecule has 0 amide bonds. The van der Waals surface area contributed by atoms with E-state index in [-0.39, 0.29) is 11.9 Å². The molecule has 1 aliphatic heterocycles. The number of halogens is 4. The summed E-state index contributed by atoms with van der Waals surface area (Å²) in [5.41, 5.74) is 1.58. The van der Waals surface area contributed by atoms with Gasteiger partial charge in [-0.2, -0.15) is 0 Å². The highest BCUT2D eigenvalue weighted by Gasteiger charge is 2.33. The number of rotatable bonds is 8. The fourth-order valence-corrected chi connectivity index (χ4v) is 3.85. The molecule has 1 aromatic heterocycles. The van der Waals surface area contributed by atoms with Gasteiger partial charge in [0.05, 0.1) is 38.7 Å². The van der Waals surface area contributed by atoms with Gasteiger partial charge in [0.2, 0.25) is 0 Å². The number of fused-ring (bicyclic) bond motifs is 1. The predicted octanol–water partition coefficient (Wildman–Crippen LogP) is 4.98. The van der Waals surface area contributed by atoms with Crippen molar-refractivity contribution < 1.29 is 32.1 Å². The Morgan fingerprint density at radius 2 is 2.10 bits per heavy atom. The highest BCUT2D eigenvalue weighted by molar-refractivity contribution is 9.10. The number of methoxy groups -OCH3 is 1. The first-order chi connectivity index (χ1) is 14.3. The van der Waals surface area contributed by atoms with E-state index in [2.05, 4.69) is 32.6 Å². The zero-order valence-electron chi connectivity index (χ0n) is 16.8. The number of nitrogens with zero attached hydrogens (tertiary/aromatic N) is 2. The summed E-state index contributed by atoms with van der Waals surface area (Å²) in [5.74, 6) is 0.182. The molecule has 0 unspecified atom stereocenters. The maximum Gasteiger partial charge on any atom is 0.573 e. The minimum atomic E-state index is -4.80. The van der Waals surface area contributed by atoms with E-state index in [9.17, 15) is 13.2 Å². The third-order valence-electron chi connectivity index (χ3n) is 4.70. The largest absolute Gasteiger partial charge is 0.573 e. The highest BCUT2D eigenvalue weighted by Crippen LogP contribution is 2.37. The lowest BCUT2D eigenvalue weighted by molar-refractivity contribution is -0.275. The van der Waals surface area contributed by atoms with Gasteiger partial charge in [0.1, 0.15) is 10.4 Å². The maximum atomic E-state index is 12.6. The topological polar surface area (TPSA) is 54.7 Å². The Labute approximate surface area is 181 Å². The SMILES string of the molecule is CCCCOC[C@@H]1Cn2c(-c3ccc(OC(F)(F)F)c(OC)c3)nc(Br)c2CCO1. The molecule has 3 rings (SSSR count). The summed E-state index contributed by atoms with van der Waals surface area (Å²) in [4.78, 5) is 4.59. The van der Waals surface area contributed by atoms with Crippen LogP contribution in [0.2, 0.25) is 0 Å². The van der Waals surface area contributed by atoms with Crippen molar-refractivity contribution in [1.29, 1.82) is 0 Å². The molecule has 166 valence electrons. The Hall–Kier alpha value is -1.78. The number of benzene rings is 1. The highest BCUT2D eigenvalue weighted by atomic mass is 79.9. The molecule has 2 aromatic rings. The Morgan fingerprint density at radius 1 is 1.30 bits per heavy atom. The van der Waals surface area contributed by atoms with Gasteiger partial charge < -0.3 is 23.5 Å². The molecule has 2 heterocycles. The first kappa shape index (κ1) is 22.9. The second kappa shape index (κ2) is 10.0. The quantitative estimate of drug-likeness (QED) is 0.486. The van der Waals surface area contributed by atoms with Crippen LogP contribution < -0.4 is 9.47 Å². The van der Waals surface area contributed by atoms with Crippen molar-refractivity contribution in [3.63, 3.8) is 0 Å². The van der Waals surface area contributed by atoms with Gasteiger partial charge in [0, 0.05) is 18.6 Å². The van der Waals surface area contributed by atoms with Crippen LogP contribution in [0, 0.1) is 0 Å². The zero-order valence-corrected chi connectivity index (χ0v) is 18.4. The average Bonchev–Trinajstić information content (AvgIpc) is 2.87. The van der Waals surface area contributed by atoms with Gasteiger partial charge in [-0.05, 0) is 40.5 Å². The Kier molecular flexibility index (Phi) is 7.65. The van der Waals surface area contributed by atoms with Crippen molar-refractivity contribution in [3.8, 4) is 22.9 Å². The van der Waals surface area contributed by atoms with Gasteiger partial charge in [-0.25, -0.2) is 4.98 Å². The van der Waals surface area contributed by atoms with Crippen molar-refractivity contribution in [2.24, 2.45) is 0 Å². The van der Waals surface area contributed by atoms with Crippen molar-refractivity contribution in [2.75, 3.05) is 26.9 Å². The summed E-state index contributed by atoms with van der Waals surface area (Å²) in [7, 11) is 1.29. The van der Waals surface area contributed by atoms with Crippen LogP contribution in [0.25, 0.3) is 11.4 Å². The minimum absolute atomic E-state index is 0.0254. The van der Waals surface area contributed by atoms with Gasteiger partial charge in [-0.3, -0.25) is 0 Å². The molecule has 10 heteroatoms. The van der Waals surface area contributed by atoms with E-state index in [4.69, 9.17) is 14.2 Å². The third-order valence-corrected chi connectivity index (χ3v) is 5.33. The summed E-state index contributed by atoms with van der Waals surface area (Å²) in [6, 6.07) is 4.25. The standard InChI is InChI=1S/C20H24BrF3N2O4/c1-3-4-8-28-12-14-11-26-15(7-9-29-14)18(21)25-19(26)13-5-6-16(17(10-13)27-2)30-20(22,23)24/h5-6,10,14H,3-4,7-9,11-12H2,1-2H3/t14-/m0/s1. The van der Waals surface area contributed by atoms with Crippen LogP contribution in [0.1, 0.15) is 25.5 Å². The fraction of sp³-hybridized carbons (Fsp3) is 0.550. The molecule has 0 saturated heterocycles. The van der Waals surface area contributed by atoms with E-state index in [1.54, 1.807) is 0 Å². The maximum absolute atomic E-state index is 12.6. The predicted molar refractivity (Wildman–Crippen MR) is 108 cm³/mol. The molecule has 30 heavy (non-hydrogen) atoms. The number of alkyl halides is 3. The molecule has 0 spiro atoms. The van der Waals surface area contributed by atoms with E-state index < -0.39 is 12.1 Å². The Balaban J connectivity index is 1.87. The second-order valence-corrected chi connectivity index (χ2v) is 7.62. The van der Waals surface area contributed by atoms with Crippen LogP contribution in [-0.2, 0) is 22.4 Å². The number of unbranched alkanes of at least 4 members (excludes halogenated alkanes) is 1. The van der Waals surface area contributed by atoms with Gasteiger partial charge >= 0.3 is 6.36 Å². The summed E-state index contributed by atoms with van der Waals surface area (Å²) < 4.78 is 61.4. The molecule has 6 nitrogen and oxygen atoms in total. The van der Waals surface area contributed by atoms with E-state index in [1.165, 1.54) is 25.3 Å². The van der Waals surface area contributed by atoms with Crippen molar-refractivity contribution in [3.05, 3.63) is 28.5 Å². The van der Waals surface area contributed by atoms with Crippen LogP contribution in [-0.4, -0.2) is 48.9 Å². The van der Waals surface area contributed by atoms with Crippen LogP contribution in [0.3, 0.4) is 0 Å². The van der Waals surface area contributed by atoms with Crippen molar-refractivity contribution >= 4 is 15.9 Å². The number of hydrogen-bond acceptors (Lipinski definition) is 5. The van der Waals surface area contributed by atoms with E-state index in [0.29, 0.717) is 48.8 Å². The molecular weight excluding hydrogens is 469 g/mol. The van der Waals surface area contributed by atoms with E-state index in [0.717, 1.165) is 18.5 Å². The smallest absolute Gasteiger partial charge is 0.493 e. The summed E-state index contributed by atoms with van der Waals surface area (Å²) in [5, 5.41) is 0. The van der Waals surface area contributed by atoms with Gasteiger partial charge in [0.15, 0.2) is 11.5 Å². The lowest BCUT2D eigenvalue weighted by atomic mass is 10.2. The first-order valence-corrected chi connectivity index (χ1v) is 10.5. The summed E-state index contributed by atoms with van der Waals surface area (Å²) in [6.07, 6.45) is -2.23. The number of hydrogen-bond donors (Lipinski definition) is 0. The molecule has 1 atom stereocenters. The zero-order chi connectivity index (χ0) is 21.7. The average molecular weight is 493 g/mol. The molecule has 0 aliphatic carbocycles. The molecule has 0 fully saturated rings. The molecule has 0 bridgehead atoms. The van der Waals surface area contributed by atoms with Crippen LogP contribution in [0.15, 0.2) is 22.8 Å². The van der Waals surface area contributed by atoms with Gasteiger partial charge in [-0.15, -0.1) is 13.2 Å². The third kappa shape index (κ3) is 5.67. The van der Waals surface area contributed by atoms with E-state index in [1.807, 2.05) is 4.57 Å². The molecule has 0 N–H and O–H groups in total. The van der Waals surface area contributed by atoms with Crippen molar-refractivity contribution in [2.45, 2.75) is 45.2 Å². The van der Waals surface area contributed by atoms with Crippen LogP contribution in [0.4, 0.5) is 13.2 Å². The van der Waals surface area contributed by atoms with Gasteiger partial charge in [-0.1, -0.05) is 13.3 Å². The first-order valence-electron chi connectivity index (χ1n) is 9.70. The molecule has 0 radical (unpaired) electrons. The monoisotopic (exact) mass is 492 g/mol. The molecular formula is C20H24BrF3N2O4. The number of imidazole rings is 1. The Morgan fingerprint density at radius 3 is 2.80 bits per heavy atom. The molecule has 1 aromatic carbocycles. The summed E-state index contributed by atoms with van der Waals surface area (Å²) in [6.45, 7) is 4.32. The second-order valence-electron chi connectivity index (χ2n) is 6.87. The number of aromatic nitrogens is 2. The lowest BCUT2D eigenvalue weighted by Crippen LogP contribution is -2.25. The summed E-state index contributed by atoms with van der Waals surface area (Å²) >= 11 is 3.49. The van der Waals surface area contributed by atoms with Crippen LogP contribution >= 0.6 is 15.9 Å².